The normalized spacial score (nSPS) is 10.4. The van der Waals surface area contributed by atoms with Crippen molar-refractivity contribution in [1.29, 1.82) is 0 Å². The number of ether oxygens (including phenoxy) is 1. The van der Waals surface area contributed by atoms with Crippen molar-refractivity contribution in [1.82, 2.24) is 0 Å². The Morgan fingerprint density at radius 3 is 2.68 bits per heavy atom. The van der Waals surface area contributed by atoms with Gasteiger partial charge in [-0.05, 0) is 60.2 Å². The lowest BCUT2D eigenvalue weighted by molar-refractivity contribution is -0.115. The first-order valence-electron chi connectivity index (χ1n) is 7.28. The van der Waals surface area contributed by atoms with Crippen LogP contribution in [0.25, 0.3) is 0 Å². The molecule has 1 N–H and O–H groups in total. The molecule has 0 aliphatic heterocycles. The van der Waals surface area contributed by atoms with E-state index >= 15 is 0 Å². The zero-order valence-corrected chi connectivity index (χ0v) is 15.2. The van der Waals surface area contributed by atoms with Gasteiger partial charge in [-0.25, -0.2) is 0 Å². The third-order valence-electron chi connectivity index (χ3n) is 3.42. The first-order chi connectivity index (χ1) is 10.5. The third kappa shape index (κ3) is 4.22. The van der Waals surface area contributed by atoms with Gasteiger partial charge in [-0.3, -0.25) is 4.79 Å². The Balaban J connectivity index is 2.19. The van der Waals surface area contributed by atoms with Crippen LogP contribution in [0.1, 0.15) is 30.0 Å². The molecule has 1 amide bonds. The number of hydrogen-bond acceptors (Lipinski definition) is 2. The van der Waals surface area contributed by atoms with Crippen LogP contribution in [-0.2, 0) is 11.4 Å². The molecule has 0 bridgehead atoms. The maximum absolute atomic E-state index is 11.7. The minimum atomic E-state index is 0.00904. The highest BCUT2D eigenvalue weighted by molar-refractivity contribution is 14.1. The first kappa shape index (κ1) is 16.8. The molecule has 2 aromatic carbocycles. The van der Waals surface area contributed by atoms with Gasteiger partial charge in [-0.2, -0.15) is 0 Å². The van der Waals surface area contributed by atoms with E-state index in [1.807, 2.05) is 44.2 Å². The van der Waals surface area contributed by atoms with E-state index in [1.54, 1.807) is 0 Å². The van der Waals surface area contributed by atoms with Crippen LogP contribution in [0.2, 0.25) is 0 Å². The Morgan fingerprint density at radius 1 is 1.23 bits per heavy atom. The lowest BCUT2D eigenvalue weighted by Crippen LogP contribution is -2.13. The van der Waals surface area contributed by atoms with Crippen LogP contribution in [0.15, 0.2) is 36.4 Å². The van der Waals surface area contributed by atoms with Gasteiger partial charge in [-0.15, -0.1) is 0 Å². The number of nitrogens with one attached hydrogen (secondary N) is 1. The molecule has 0 aromatic heterocycles. The van der Waals surface area contributed by atoms with Crippen molar-refractivity contribution in [3.63, 3.8) is 0 Å². The van der Waals surface area contributed by atoms with Crippen molar-refractivity contribution in [2.45, 2.75) is 33.8 Å². The monoisotopic (exact) mass is 409 g/mol. The van der Waals surface area contributed by atoms with Crippen LogP contribution in [-0.4, -0.2) is 5.91 Å². The molecule has 0 spiro atoms. The molecule has 22 heavy (non-hydrogen) atoms. The highest BCUT2D eigenvalue weighted by atomic mass is 127. The highest BCUT2D eigenvalue weighted by Gasteiger charge is 2.10. The Labute approximate surface area is 145 Å². The molecule has 0 heterocycles. The number of rotatable bonds is 5. The van der Waals surface area contributed by atoms with E-state index < -0.39 is 0 Å². The smallest absolute Gasteiger partial charge is 0.224 e. The summed E-state index contributed by atoms with van der Waals surface area (Å²) in [5.74, 6) is 0.882. The molecule has 0 radical (unpaired) electrons. The van der Waals surface area contributed by atoms with Crippen molar-refractivity contribution in [2.24, 2.45) is 0 Å². The SMILES string of the molecule is CCC(=O)Nc1cccc(I)c1COc1ccc(C)cc1C. The van der Waals surface area contributed by atoms with Crippen molar-refractivity contribution in [2.75, 3.05) is 5.32 Å². The third-order valence-corrected chi connectivity index (χ3v) is 4.43. The van der Waals surface area contributed by atoms with Gasteiger partial charge >= 0.3 is 0 Å². The van der Waals surface area contributed by atoms with Crippen molar-refractivity contribution in [3.05, 3.63) is 56.7 Å². The molecular weight excluding hydrogens is 389 g/mol. The lowest BCUT2D eigenvalue weighted by Gasteiger charge is -2.15. The van der Waals surface area contributed by atoms with Crippen LogP contribution in [0.5, 0.6) is 5.75 Å². The van der Waals surface area contributed by atoms with E-state index in [4.69, 9.17) is 4.74 Å². The number of carbonyl (C=O) groups is 1. The number of anilines is 1. The largest absolute Gasteiger partial charge is 0.489 e. The maximum atomic E-state index is 11.7. The maximum Gasteiger partial charge on any atom is 0.224 e. The van der Waals surface area contributed by atoms with Crippen LogP contribution >= 0.6 is 22.6 Å². The number of benzene rings is 2. The van der Waals surface area contributed by atoms with Gasteiger partial charge in [0.1, 0.15) is 12.4 Å². The Morgan fingerprint density at radius 2 is 2.00 bits per heavy atom. The Bertz CT molecular complexity index is 683. The van der Waals surface area contributed by atoms with Crippen LogP contribution in [0, 0.1) is 17.4 Å². The molecule has 2 rings (SSSR count). The van der Waals surface area contributed by atoms with Crippen molar-refractivity contribution in [3.8, 4) is 5.75 Å². The molecule has 0 saturated carbocycles. The summed E-state index contributed by atoms with van der Waals surface area (Å²) >= 11 is 2.27. The van der Waals surface area contributed by atoms with Gasteiger partial charge in [-0.1, -0.05) is 30.7 Å². The van der Waals surface area contributed by atoms with E-state index in [2.05, 4.69) is 40.9 Å². The predicted octanol–water partition coefficient (Wildman–Crippen LogP) is 4.84. The molecule has 0 atom stereocenters. The molecule has 0 saturated heterocycles. The molecule has 0 aliphatic carbocycles. The Kier molecular flexibility index (Phi) is 5.83. The molecule has 0 fully saturated rings. The van der Waals surface area contributed by atoms with Crippen LogP contribution in [0.4, 0.5) is 5.69 Å². The summed E-state index contributed by atoms with van der Waals surface area (Å²) in [6.07, 6.45) is 0.461. The van der Waals surface area contributed by atoms with E-state index in [9.17, 15) is 4.79 Å². The van der Waals surface area contributed by atoms with Gasteiger partial charge in [0, 0.05) is 21.2 Å². The van der Waals surface area contributed by atoms with Crippen molar-refractivity contribution >= 4 is 34.2 Å². The standard InChI is InChI=1S/C18H20INO2/c1-4-18(21)20-16-7-5-6-15(19)14(16)11-22-17-9-8-12(2)10-13(17)3/h5-10H,4,11H2,1-3H3,(H,20,21). The second-order valence-electron chi connectivity index (χ2n) is 5.23. The van der Waals surface area contributed by atoms with E-state index in [0.717, 1.165) is 26.1 Å². The minimum Gasteiger partial charge on any atom is -0.489 e. The molecule has 3 nitrogen and oxygen atoms in total. The lowest BCUT2D eigenvalue weighted by atomic mass is 10.1. The van der Waals surface area contributed by atoms with Crippen LogP contribution < -0.4 is 10.1 Å². The first-order valence-corrected chi connectivity index (χ1v) is 8.36. The minimum absolute atomic E-state index is 0.00904. The number of aryl methyl sites for hydroxylation is 2. The zero-order valence-electron chi connectivity index (χ0n) is 13.1. The number of amides is 1. The fourth-order valence-corrected chi connectivity index (χ4v) is 2.83. The topological polar surface area (TPSA) is 38.3 Å². The fraction of sp³-hybridized carbons (Fsp3) is 0.278. The number of halogens is 1. The molecule has 2 aromatic rings. The zero-order chi connectivity index (χ0) is 16.1. The van der Waals surface area contributed by atoms with E-state index in [0.29, 0.717) is 13.0 Å². The average molecular weight is 409 g/mol. The predicted molar refractivity (Wildman–Crippen MR) is 98.3 cm³/mol. The summed E-state index contributed by atoms with van der Waals surface area (Å²) in [7, 11) is 0. The van der Waals surface area contributed by atoms with E-state index in [-0.39, 0.29) is 5.91 Å². The summed E-state index contributed by atoms with van der Waals surface area (Å²) in [6.45, 7) is 6.38. The summed E-state index contributed by atoms with van der Waals surface area (Å²) in [4.78, 5) is 11.7. The summed E-state index contributed by atoms with van der Waals surface area (Å²) in [6, 6.07) is 12.0. The van der Waals surface area contributed by atoms with Gasteiger partial charge in [0.05, 0.1) is 0 Å². The summed E-state index contributed by atoms with van der Waals surface area (Å²) < 4.78 is 7.04. The van der Waals surface area contributed by atoms with Gasteiger partial charge < -0.3 is 10.1 Å². The molecule has 0 aliphatic rings. The van der Waals surface area contributed by atoms with Crippen LogP contribution in [0.3, 0.4) is 0 Å². The van der Waals surface area contributed by atoms with E-state index in [1.165, 1.54) is 5.56 Å². The molecule has 116 valence electrons. The average Bonchev–Trinajstić information content (AvgIpc) is 2.48. The molecular formula is C18H20INO2. The van der Waals surface area contributed by atoms with Gasteiger partial charge in [0.2, 0.25) is 5.91 Å². The number of hydrogen-bond donors (Lipinski definition) is 1. The number of carbonyl (C=O) groups excluding carboxylic acids is 1. The van der Waals surface area contributed by atoms with Crippen molar-refractivity contribution < 1.29 is 9.53 Å². The Hall–Kier alpha value is -1.56. The quantitative estimate of drug-likeness (QED) is 0.719. The summed E-state index contributed by atoms with van der Waals surface area (Å²) in [5.41, 5.74) is 4.16. The van der Waals surface area contributed by atoms with Gasteiger partial charge in [0.25, 0.3) is 0 Å². The fourth-order valence-electron chi connectivity index (χ4n) is 2.17. The summed E-state index contributed by atoms with van der Waals surface area (Å²) in [5, 5.41) is 2.94. The highest BCUT2D eigenvalue weighted by Crippen LogP contribution is 2.26. The second kappa shape index (κ2) is 7.63. The second-order valence-corrected chi connectivity index (χ2v) is 6.39. The van der Waals surface area contributed by atoms with Gasteiger partial charge in [0.15, 0.2) is 0 Å². The molecule has 4 heteroatoms. The molecule has 0 unspecified atom stereocenters.